The first-order chi connectivity index (χ1) is 13.0. The SMILES string of the molecule is CC1(C)OC(=O)C(=C2CC[C@@H](C(=O)Nc3cccc(C(F)(F)F)c3)N2)C(=O)O1. The van der Waals surface area contributed by atoms with Gasteiger partial charge in [-0.2, -0.15) is 13.2 Å². The zero-order valence-corrected chi connectivity index (χ0v) is 15.0. The van der Waals surface area contributed by atoms with Crippen LogP contribution in [0.1, 0.15) is 32.3 Å². The number of halogens is 3. The quantitative estimate of drug-likeness (QED) is 0.452. The second kappa shape index (κ2) is 6.84. The number of esters is 2. The molecule has 0 aliphatic carbocycles. The highest BCUT2D eigenvalue weighted by Crippen LogP contribution is 2.31. The minimum Gasteiger partial charge on any atom is -0.419 e. The van der Waals surface area contributed by atoms with E-state index in [4.69, 9.17) is 9.47 Å². The molecule has 2 heterocycles. The average molecular weight is 398 g/mol. The zero-order chi connectivity index (χ0) is 20.7. The Morgan fingerprint density at radius 1 is 1.21 bits per heavy atom. The van der Waals surface area contributed by atoms with Crippen LogP contribution in [0.4, 0.5) is 18.9 Å². The van der Waals surface area contributed by atoms with E-state index in [2.05, 4.69) is 10.6 Å². The molecular formula is C18H17F3N2O5. The Bertz CT molecular complexity index is 854. The number of anilines is 1. The van der Waals surface area contributed by atoms with Crippen LogP contribution >= 0.6 is 0 Å². The fourth-order valence-corrected chi connectivity index (χ4v) is 2.94. The monoisotopic (exact) mass is 398 g/mol. The maximum atomic E-state index is 12.8. The van der Waals surface area contributed by atoms with Crippen LogP contribution in [0.5, 0.6) is 0 Å². The summed E-state index contributed by atoms with van der Waals surface area (Å²) in [6.45, 7) is 2.83. The van der Waals surface area contributed by atoms with Crippen LogP contribution in [-0.4, -0.2) is 29.7 Å². The van der Waals surface area contributed by atoms with Crippen molar-refractivity contribution in [1.29, 1.82) is 0 Å². The van der Waals surface area contributed by atoms with Gasteiger partial charge in [-0.25, -0.2) is 9.59 Å². The first-order valence-corrected chi connectivity index (χ1v) is 8.41. The third kappa shape index (κ3) is 4.10. The maximum Gasteiger partial charge on any atom is 0.416 e. The molecule has 1 amide bonds. The van der Waals surface area contributed by atoms with Crippen molar-refractivity contribution in [3.05, 3.63) is 41.1 Å². The second-order valence-corrected chi connectivity index (χ2v) is 6.84. The van der Waals surface area contributed by atoms with Crippen LogP contribution in [0.2, 0.25) is 0 Å². The summed E-state index contributed by atoms with van der Waals surface area (Å²) in [5, 5.41) is 5.16. The minimum atomic E-state index is -4.53. The smallest absolute Gasteiger partial charge is 0.416 e. The second-order valence-electron chi connectivity index (χ2n) is 6.84. The van der Waals surface area contributed by atoms with Crippen molar-refractivity contribution >= 4 is 23.5 Å². The van der Waals surface area contributed by atoms with Gasteiger partial charge < -0.3 is 20.1 Å². The molecule has 2 saturated heterocycles. The molecule has 0 saturated carbocycles. The van der Waals surface area contributed by atoms with Gasteiger partial charge in [-0.3, -0.25) is 4.79 Å². The molecular weight excluding hydrogens is 381 g/mol. The summed E-state index contributed by atoms with van der Waals surface area (Å²) < 4.78 is 48.4. The van der Waals surface area contributed by atoms with Crippen LogP contribution in [0.25, 0.3) is 0 Å². The van der Waals surface area contributed by atoms with Gasteiger partial charge in [0.05, 0.1) is 5.56 Å². The molecule has 28 heavy (non-hydrogen) atoms. The van der Waals surface area contributed by atoms with E-state index in [0.29, 0.717) is 0 Å². The third-order valence-corrected chi connectivity index (χ3v) is 4.19. The molecule has 150 valence electrons. The Morgan fingerprint density at radius 3 is 2.46 bits per heavy atom. The number of amides is 1. The predicted octanol–water partition coefficient (Wildman–Crippen LogP) is 2.49. The molecule has 2 fully saturated rings. The lowest BCUT2D eigenvalue weighted by Gasteiger charge is -2.30. The van der Waals surface area contributed by atoms with Crippen LogP contribution in [0, 0.1) is 0 Å². The summed E-state index contributed by atoms with van der Waals surface area (Å²) >= 11 is 0. The molecule has 2 aliphatic rings. The van der Waals surface area contributed by atoms with Crippen LogP contribution in [-0.2, 0) is 30.0 Å². The number of alkyl halides is 3. The first kappa shape index (κ1) is 19.7. The predicted molar refractivity (Wildman–Crippen MR) is 89.5 cm³/mol. The van der Waals surface area contributed by atoms with E-state index in [1.54, 1.807) is 0 Å². The Hall–Kier alpha value is -3.04. The Kier molecular flexibility index (Phi) is 4.82. The van der Waals surface area contributed by atoms with E-state index in [9.17, 15) is 27.6 Å². The fraction of sp³-hybridized carbons (Fsp3) is 0.389. The van der Waals surface area contributed by atoms with Crippen molar-refractivity contribution in [1.82, 2.24) is 5.32 Å². The lowest BCUT2D eigenvalue weighted by molar-refractivity contribution is -0.222. The van der Waals surface area contributed by atoms with Crippen molar-refractivity contribution < 1.29 is 37.0 Å². The van der Waals surface area contributed by atoms with Crippen molar-refractivity contribution in [2.24, 2.45) is 0 Å². The number of carbonyl (C=O) groups excluding carboxylic acids is 3. The maximum absolute atomic E-state index is 12.8. The summed E-state index contributed by atoms with van der Waals surface area (Å²) in [6.07, 6.45) is -4.08. The lowest BCUT2D eigenvalue weighted by atomic mass is 10.1. The highest BCUT2D eigenvalue weighted by atomic mass is 19.4. The van der Waals surface area contributed by atoms with Gasteiger partial charge in [0.2, 0.25) is 5.91 Å². The van der Waals surface area contributed by atoms with E-state index >= 15 is 0 Å². The molecule has 10 heteroatoms. The normalized spacial score (nSPS) is 21.7. The number of carbonyl (C=O) groups is 3. The molecule has 0 radical (unpaired) electrons. The van der Waals surface area contributed by atoms with Crippen molar-refractivity contribution in [3.63, 3.8) is 0 Å². The molecule has 0 bridgehead atoms. The molecule has 3 rings (SSSR count). The van der Waals surface area contributed by atoms with Gasteiger partial charge in [-0.05, 0) is 31.0 Å². The molecule has 1 aromatic carbocycles. The van der Waals surface area contributed by atoms with Gasteiger partial charge in [-0.15, -0.1) is 0 Å². The van der Waals surface area contributed by atoms with E-state index < -0.39 is 41.4 Å². The minimum absolute atomic E-state index is 0.0130. The van der Waals surface area contributed by atoms with Gasteiger partial charge >= 0.3 is 18.1 Å². The number of ether oxygens (including phenoxy) is 2. The van der Waals surface area contributed by atoms with E-state index in [1.165, 1.54) is 26.0 Å². The number of cyclic esters (lactones) is 2. The van der Waals surface area contributed by atoms with Crippen LogP contribution < -0.4 is 10.6 Å². The molecule has 7 nitrogen and oxygen atoms in total. The van der Waals surface area contributed by atoms with Gasteiger partial charge in [0.1, 0.15) is 6.04 Å². The number of benzene rings is 1. The largest absolute Gasteiger partial charge is 0.419 e. The summed E-state index contributed by atoms with van der Waals surface area (Å²) in [5.41, 5.74) is -1.01. The number of hydrogen-bond donors (Lipinski definition) is 2. The lowest BCUT2D eigenvalue weighted by Crippen LogP contribution is -2.43. The van der Waals surface area contributed by atoms with Gasteiger partial charge in [0.25, 0.3) is 5.79 Å². The topological polar surface area (TPSA) is 93.7 Å². The number of rotatable bonds is 2. The number of hydrogen-bond acceptors (Lipinski definition) is 6. The number of nitrogens with one attached hydrogen (secondary N) is 2. The van der Waals surface area contributed by atoms with Gasteiger partial charge in [-0.1, -0.05) is 6.07 Å². The zero-order valence-electron chi connectivity index (χ0n) is 15.0. The third-order valence-electron chi connectivity index (χ3n) is 4.19. The summed E-state index contributed by atoms with van der Waals surface area (Å²) in [5.74, 6) is -3.69. The van der Waals surface area contributed by atoms with E-state index in [-0.39, 0.29) is 29.8 Å². The molecule has 1 atom stereocenters. The highest BCUT2D eigenvalue weighted by molar-refractivity contribution is 6.16. The highest BCUT2D eigenvalue weighted by Gasteiger charge is 2.42. The standard InChI is InChI=1S/C18H17F3N2O5/c1-17(2)27-15(25)13(16(26)28-17)11-6-7-12(23-11)14(24)22-10-5-3-4-9(8-10)18(19,20)21/h3-5,8,12,23H,6-7H2,1-2H3,(H,22,24)/t12-/m0/s1. The average Bonchev–Trinajstić information content (AvgIpc) is 3.02. The first-order valence-electron chi connectivity index (χ1n) is 8.41. The van der Waals surface area contributed by atoms with E-state index in [1.807, 2.05) is 0 Å². The Labute approximate surface area is 157 Å². The molecule has 0 unspecified atom stereocenters. The van der Waals surface area contributed by atoms with Crippen LogP contribution in [0.15, 0.2) is 35.5 Å². The van der Waals surface area contributed by atoms with Gasteiger partial charge in [0.15, 0.2) is 5.57 Å². The van der Waals surface area contributed by atoms with E-state index in [0.717, 1.165) is 12.1 Å². The molecule has 2 aliphatic heterocycles. The van der Waals surface area contributed by atoms with Crippen LogP contribution in [0.3, 0.4) is 0 Å². The van der Waals surface area contributed by atoms with Crippen molar-refractivity contribution in [2.45, 2.75) is 44.7 Å². The number of allylic oxidation sites excluding steroid dienone is 1. The Morgan fingerprint density at radius 2 is 1.86 bits per heavy atom. The van der Waals surface area contributed by atoms with Crippen molar-refractivity contribution in [2.75, 3.05) is 5.32 Å². The summed E-state index contributed by atoms with van der Waals surface area (Å²) in [4.78, 5) is 36.5. The molecule has 0 aromatic heterocycles. The molecule has 2 N–H and O–H groups in total. The summed E-state index contributed by atoms with van der Waals surface area (Å²) in [7, 11) is 0. The fourth-order valence-electron chi connectivity index (χ4n) is 2.94. The molecule has 0 spiro atoms. The van der Waals surface area contributed by atoms with Gasteiger partial charge in [0, 0.05) is 25.2 Å². The summed E-state index contributed by atoms with van der Waals surface area (Å²) in [6, 6.07) is 3.41. The van der Waals surface area contributed by atoms with Crippen molar-refractivity contribution in [3.8, 4) is 0 Å². The Balaban J connectivity index is 1.71. The molecule has 1 aromatic rings.